The smallest absolute Gasteiger partial charge is 0.0965 e. The zero-order valence-corrected chi connectivity index (χ0v) is 11.6. The van der Waals surface area contributed by atoms with Crippen LogP contribution in [0.4, 0.5) is 0 Å². The maximum Gasteiger partial charge on any atom is 0.0965 e. The van der Waals surface area contributed by atoms with Gasteiger partial charge in [-0.1, -0.05) is 25.1 Å². The molecular formula is C15H17N5. The first-order chi connectivity index (χ1) is 9.81. The van der Waals surface area contributed by atoms with Gasteiger partial charge in [-0.2, -0.15) is 5.10 Å². The van der Waals surface area contributed by atoms with E-state index in [0.717, 1.165) is 28.8 Å². The number of aromatic nitrogens is 4. The standard InChI is InChI=1S/C15H17N5/c1-3-17-15(12-10-16-8-9-18-12)14-11-6-4-5-7-13(11)20(2)19-14/h4-10,15,17H,3H2,1-2H3. The molecule has 0 amide bonds. The van der Waals surface area contributed by atoms with Gasteiger partial charge in [0.1, 0.15) is 0 Å². The first kappa shape index (κ1) is 12.7. The summed E-state index contributed by atoms with van der Waals surface area (Å²) in [7, 11) is 1.96. The Labute approximate surface area is 117 Å². The van der Waals surface area contributed by atoms with Crippen LogP contribution in [0.25, 0.3) is 10.9 Å². The monoisotopic (exact) mass is 267 g/mol. The maximum absolute atomic E-state index is 4.67. The Hall–Kier alpha value is -2.27. The van der Waals surface area contributed by atoms with Crippen LogP contribution in [0, 0.1) is 0 Å². The van der Waals surface area contributed by atoms with Gasteiger partial charge in [-0.25, -0.2) is 0 Å². The van der Waals surface area contributed by atoms with Crippen molar-refractivity contribution in [3.63, 3.8) is 0 Å². The van der Waals surface area contributed by atoms with Crippen molar-refractivity contribution in [1.29, 1.82) is 0 Å². The molecule has 0 spiro atoms. The average molecular weight is 267 g/mol. The van der Waals surface area contributed by atoms with E-state index >= 15 is 0 Å². The van der Waals surface area contributed by atoms with E-state index in [4.69, 9.17) is 0 Å². The van der Waals surface area contributed by atoms with Gasteiger partial charge in [-0.05, 0) is 12.6 Å². The largest absolute Gasteiger partial charge is 0.304 e. The van der Waals surface area contributed by atoms with Gasteiger partial charge in [0.2, 0.25) is 0 Å². The van der Waals surface area contributed by atoms with Gasteiger partial charge >= 0.3 is 0 Å². The van der Waals surface area contributed by atoms with Gasteiger partial charge in [-0.3, -0.25) is 14.6 Å². The van der Waals surface area contributed by atoms with Crippen molar-refractivity contribution < 1.29 is 0 Å². The molecule has 3 rings (SSSR count). The number of nitrogens with one attached hydrogen (secondary N) is 1. The molecule has 1 unspecified atom stereocenters. The van der Waals surface area contributed by atoms with Crippen LogP contribution in [0.5, 0.6) is 0 Å². The number of hydrogen-bond acceptors (Lipinski definition) is 4. The number of benzene rings is 1. The van der Waals surface area contributed by atoms with Crippen LogP contribution >= 0.6 is 0 Å². The molecule has 3 aromatic rings. The Balaban J connectivity index is 2.15. The van der Waals surface area contributed by atoms with Crippen molar-refractivity contribution in [2.45, 2.75) is 13.0 Å². The summed E-state index contributed by atoms with van der Waals surface area (Å²) < 4.78 is 1.91. The molecule has 5 nitrogen and oxygen atoms in total. The molecule has 2 aromatic heterocycles. The number of para-hydroxylation sites is 1. The molecule has 0 bridgehead atoms. The van der Waals surface area contributed by atoms with Gasteiger partial charge in [0, 0.05) is 24.8 Å². The molecule has 5 heteroatoms. The molecule has 0 aliphatic carbocycles. The fraction of sp³-hybridized carbons (Fsp3) is 0.267. The normalized spacial score (nSPS) is 12.7. The van der Waals surface area contributed by atoms with E-state index in [1.54, 1.807) is 18.6 Å². The Kier molecular flexibility index (Phi) is 3.43. The van der Waals surface area contributed by atoms with Gasteiger partial charge in [0.15, 0.2) is 0 Å². The van der Waals surface area contributed by atoms with Crippen LogP contribution in [0.3, 0.4) is 0 Å². The number of nitrogens with zero attached hydrogens (tertiary/aromatic N) is 4. The minimum atomic E-state index is -0.0419. The third-order valence-corrected chi connectivity index (χ3v) is 3.35. The lowest BCUT2D eigenvalue weighted by Crippen LogP contribution is -2.23. The van der Waals surface area contributed by atoms with E-state index < -0.39 is 0 Å². The SMILES string of the molecule is CCNC(c1cnccn1)c1nn(C)c2ccccc12. The predicted octanol–water partition coefficient (Wildman–Crippen LogP) is 2.06. The molecule has 0 aliphatic rings. The van der Waals surface area contributed by atoms with Crippen LogP contribution in [-0.2, 0) is 7.05 Å². The van der Waals surface area contributed by atoms with E-state index in [2.05, 4.69) is 39.4 Å². The molecule has 0 aliphatic heterocycles. The van der Waals surface area contributed by atoms with Gasteiger partial charge < -0.3 is 5.32 Å². The summed E-state index contributed by atoms with van der Waals surface area (Å²) >= 11 is 0. The summed E-state index contributed by atoms with van der Waals surface area (Å²) in [6, 6.07) is 8.19. The van der Waals surface area contributed by atoms with Gasteiger partial charge in [0.25, 0.3) is 0 Å². The molecule has 0 fully saturated rings. The van der Waals surface area contributed by atoms with Crippen molar-refractivity contribution in [1.82, 2.24) is 25.1 Å². The van der Waals surface area contributed by atoms with E-state index in [1.807, 2.05) is 23.9 Å². The fourth-order valence-electron chi connectivity index (χ4n) is 2.46. The van der Waals surface area contributed by atoms with Crippen molar-refractivity contribution in [3.8, 4) is 0 Å². The Morgan fingerprint density at radius 2 is 2.10 bits per heavy atom. The zero-order valence-electron chi connectivity index (χ0n) is 11.6. The Morgan fingerprint density at radius 3 is 2.85 bits per heavy atom. The molecule has 1 atom stereocenters. The lowest BCUT2D eigenvalue weighted by atomic mass is 10.1. The summed E-state index contributed by atoms with van der Waals surface area (Å²) in [5.74, 6) is 0. The number of aryl methyl sites for hydroxylation is 1. The summed E-state index contributed by atoms with van der Waals surface area (Å²) in [4.78, 5) is 8.58. The lowest BCUT2D eigenvalue weighted by molar-refractivity contribution is 0.589. The minimum absolute atomic E-state index is 0.0419. The highest BCUT2D eigenvalue weighted by molar-refractivity contribution is 5.82. The number of rotatable bonds is 4. The molecular weight excluding hydrogens is 250 g/mol. The first-order valence-electron chi connectivity index (χ1n) is 6.72. The van der Waals surface area contributed by atoms with E-state index in [1.165, 1.54) is 0 Å². The second kappa shape index (κ2) is 5.38. The summed E-state index contributed by atoms with van der Waals surface area (Å²) in [5, 5.41) is 9.26. The summed E-state index contributed by atoms with van der Waals surface area (Å²) in [6.45, 7) is 2.92. The van der Waals surface area contributed by atoms with Crippen LogP contribution in [-0.4, -0.2) is 26.3 Å². The van der Waals surface area contributed by atoms with Gasteiger partial charge in [0.05, 0.1) is 29.1 Å². The second-order valence-corrected chi connectivity index (χ2v) is 4.65. The van der Waals surface area contributed by atoms with Crippen molar-refractivity contribution >= 4 is 10.9 Å². The van der Waals surface area contributed by atoms with E-state index in [-0.39, 0.29) is 6.04 Å². The van der Waals surface area contributed by atoms with Crippen LogP contribution in [0.15, 0.2) is 42.9 Å². The number of hydrogen-bond donors (Lipinski definition) is 1. The third kappa shape index (κ3) is 2.16. The van der Waals surface area contributed by atoms with Crippen molar-refractivity contribution in [2.75, 3.05) is 6.54 Å². The number of fused-ring (bicyclic) bond motifs is 1. The predicted molar refractivity (Wildman–Crippen MR) is 78.3 cm³/mol. The van der Waals surface area contributed by atoms with Gasteiger partial charge in [-0.15, -0.1) is 0 Å². The first-order valence-corrected chi connectivity index (χ1v) is 6.72. The van der Waals surface area contributed by atoms with Crippen LogP contribution < -0.4 is 5.32 Å². The van der Waals surface area contributed by atoms with E-state index in [0.29, 0.717) is 0 Å². The van der Waals surface area contributed by atoms with Crippen molar-refractivity contribution in [3.05, 3.63) is 54.2 Å². The molecule has 0 saturated heterocycles. The molecule has 2 heterocycles. The summed E-state index contributed by atoms with van der Waals surface area (Å²) in [5.41, 5.74) is 3.00. The molecule has 1 aromatic carbocycles. The van der Waals surface area contributed by atoms with Crippen LogP contribution in [0.2, 0.25) is 0 Å². The highest BCUT2D eigenvalue weighted by Crippen LogP contribution is 2.26. The third-order valence-electron chi connectivity index (χ3n) is 3.35. The average Bonchev–Trinajstić information content (AvgIpc) is 2.83. The molecule has 0 saturated carbocycles. The molecule has 0 radical (unpaired) electrons. The second-order valence-electron chi connectivity index (χ2n) is 4.65. The van der Waals surface area contributed by atoms with Crippen molar-refractivity contribution in [2.24, 2.45) is 7.05 Å². The molecule has 102 valence electrons. The highest BCUT2D eigenvalue weighted by Gasteiger charge is 2.21. The topological polar surface area (TPSA) is 55.6 Å². The quantitative estimate of drug-likeness (QED) is 0.786. The Bertz CT molecular complexity index is 705. The zero-order chi connectivity index (χ0) is 13.9. The Morgan fingerprint density at radius 1 is 1.25 bits per heavy atom. The van der Waals surface area contributed by atoms with E-state index in [9.17, 15) is 0 Å². The maximum atomic E-state index is 4.67. The summed E-state index contributed by atoms with van der Waals surface area (Å²) in [6.07, 6.45) is 5.19. The highest BCUT2D eigenvalue weighted by atomic mass is 15.3. The molecule has 20 heavy (non-hydrogen) atoms. The lowest BCUT2D eigenvalue weighted by Gasteiger charge is -2.15. The fourth-order valence-corrected chi connectivity index (χ4v) is 2.46. The molecule has 1 N–H and O–H groups in total. The van der Waals surface area contributed by atoms with Crippen LogP contribution in [0.1, 0.15) is 24.4 Å². The minimum Gasteiger partial charge on any atom is -0.304 e.